The van der Waals surface area contributed by atoms with E-state index in [9.17, 15) is 18.0 Å². The molecule has 3 N–H and O–H groups in total. The van der Waals surface area contributed by atoms with Crippen LogP contribution in [-0.2, 0) is 14.8 Å². The van der Waals surface area contributed by atoms with Crippen LogP contribution in [-0.4, -0.2) is 58.0 Å². The first-order valence-corrected chi connectivity index (χ1v) is 8.96. The Morgan fingerprint density at radius 1 is 1.17 bits per heavy atom. The molecule has 134 valence electrons. The van der Waals surface area contributed by atoms with Crippen LogP contribution in [0.2, 0.25) is 0 Å². The van der Waals surface area contributed by atoms with Crippen molar-refractivity contribution in [2.75, 3.05) is 32.6 Å². The minimum absolute atomic E-state index is 0.0721. The van der Waals surface area contributed by atoms with Crippen LogP contribution in [0.15, 0.2) is 18.2 Å². The Kier molecular flexibility index (Phi) is 7.46. The van der Waals surface area contributed by atoms with E-state index < -0.39 is 28.5 Å². The van der Waals surface area contributed by atoms with Crippen molar-refractivity contribution < 1.29 is 32.6 Å². The highest BCUT2D eigenvalue weighted by molar-refractivity contribution is 7.88. The number of hydrogen-bond acceptors (Lipinski definition) is 6. The molecule has 1 amide bonds. The Hall–Kier alpha value is -2.33. The third-order valence-corrected chi connectivity index (χ3v) is 3.36. The van der Waals surface area contributed by atoms with Gasteiger partial charge in [-0.25, -0.2) is 17.9 Å². The average Bonchev–Trinajstić information content (AvgIpc) is 2.49. The molecule has 0 fully saturated rings. The van der Waals surface area contributed by atoms with E-state index in [4.69, 9.17) is 14.6 Å². The number of carboxylic acid groups (broad SMARTS) is 1. The van der Waals surface area contributed by atoms with Crippen molar-refractivity contribution in [2.45, 2.75) is 6.92 Å². The van der Waals surface area contributed by atoms with Crippen molar-refractivity contribution in [3.8, 4) is 11.5 Å². The summed E-state index contributed by atoms with van der Waals surface area (Å²) >= 11 is 0. The van der Waals surface area contributed by atoms with Crippen molar-refractivity contribution in [2.24, 2.45) is 0 Å². The maximum atomic E-state index is 12.0. The summed E-state index contributed by atoms with van der Waals surface area (Å²) in [5.74, 6) is -1.08. The lowest BCUT2D eigenvalue weighted by Crippen LogP contribution is -2.34. The molecule has 0 radical (unpaired) electrons. The van der Waals surface area contributed by atoms with Crippen molar-refractivity contribution >= 4 is 21.9 Å². The summed E-state index contributed by atoms with van der Waals surface area (Å²) in [5, 5.41) is 11.2. The molecule has 1 rings (SSSR count). The van der Waals surface area contributed by atoms with E-state index >= 15 is 0 Å². The SMILES string of the molecule is CCOc1cc(C(=O)NCCNS(C)(=O)=O)ccc1OCC(=O)O. The second-order valence-electron chi connectivity index (χ2n) is 4.70. The minimum Gasteiger partial charge on any atom is -0.490 e. The number of carboxylic acids is 1. The molecule has 0 bridgehead atoms. The summed E-state index contributed by atoms with van der Waals surface area (Å²) in [6.07, 6.45) is 1.03. The van der Waals surface area contributed by atoms with Crippen molar-refractivity contribution in [1.29, 1.82) is 0 Å². The number of sulfonamides is 1. The highest BCUT2D eigenvalue weighted by Crippen LogP contribution is 2.28. The molecule has 0 spiro atoms. The van der Waals surface area contributed by atoms with Crippen LogP contribution < -0.4 is 19.5 Å². The van der Waals surface area contributed by atoms with Crippen molar-refractivity contribution in [1.82, 2.24) is 10.0 Å². The Morgan fingerprint density at radius 3 is 2.46 bits per heavy atom. The van der Waals surface area contributed by atoms with E-state index in [2.05, 4.69) is 10.0 Å². The van der Waals surface area contributed by atoms with Crippen LogP contribution in [0.5, 0.6) is 11.5 Å². The molecule has 0 aliphatic rings. The second-order valence-corrected chi connectivity index (χ2v) is 6.53. The number of benzene rings is 1. The van der Waals surface area contributed by atoms with Gasteiger partial charge in [-0.2, -0.15) is 0 Å². The molecule has 10 heteroatoms. The van der Waals surface area contributed by atoms with Crippen LogP contribution in [0.25, 0.3) is 0 Å². The molecule has 0 aromatic heterocycles. The van der Waals surface area contributed by atoms with Gasteiger partial charge >= 0.3 is 5.97 Å². The summed E-state index contributed by atoms with van der Waals surface area (Å²) in [6.45, 7) is 1.72. The predicted octanol–water partition coefficient (Wildman–Crippen LogP) is -0.172. The maximum Gasteiger partial charge on any atom is 0.341 e. The highest BCUT2D eigenvalue weighted by Gasteiger charge is 2.12. The molecule has 9 nitrogen and oxygen atoms in total. The number of nitrogens with one attached hydrogen (secondary N) is 2. The van der Waals surface area contributed by atoms with Gasteiger partial charge in [0, 0.05) is 18.7 Å². The fourth-order valence-corrected chi connectivity index (χ4v) is 2.16. The Labute approximate surface area is 140 Å². The first-order chi connectivity index (χ1) is 11.2. The molecule has 0 unspecified atom stereocenters. The van der Waals surface area contributed by atoms with Gasteiger partial charge in [-0.05, 0) is 25.1 Å². The van der Waals surface area contributed by atoms with Gasteiger partial charge in [-0.3, -0.25) is 4.79 Å². The normalized spacial score (nSPS) is 10.9. The third kappa shape index (κ3) is 7.29. The predicted molar refractivity (Wildman–Crippen MR) is 85.9 cm³/mol. The van der Waals surface area contributed by atoms with E-state index in [-0.39, 0.29) is 30.2 Å². The zero-order valence-corrected chi connectivity index (χ0v) is 14.2. The first kappa shape index (κ1) is 19.7. The van der Waals surface area contributed by atoms with E-state index in [0.717, 1.165) is 6.26 Å². The number of aliphatic carboxylic acids is 1. The third-order valence-electron chi connectivity index (χ3n) is 2.63. The van der Waals surface area contributed by atoms with Crippen molar-refractivity contribution in [3.05, 3.63) is 23.8 Å². The molecule has 0 aliphatic carbocycles. The molecule has 0 atom stereocenters. The molecular weight excluding hydrogens is 340 g/mol. The van der Waals surface area contributed by atoms with Gasteiger partial charge in [0.25, 0.3) is 5.91 Å². The standard InChI is InChI=1S/C14H20N2O7S/c1-3-22-12-8-10(4-5-11(12)23-9-13(17)18)14(19)15-6-7-16-24(2,20)21/h4-5,8,16H,3,6-7,9H2,1-2H3,(H,15,19)(H,17,18). The van der Waals surface area contributed by atoms with E-state index in [0.29, 0.717) is 6.61 Å². The number of hydrogen-bond donors (Lipinski definition) is 3. The lowest BCUT2D eigenvalue weighted by atomic mass is 10.2. The lowest BCUT2D eigenvalue weighted by molar-refractivity contribution is -0.139. The van der Waals surface area contributed by atoms with Crippen LogP contribution in [0.3, 0.4) is 0 Å². The summed E-state index contributed by atoms with van der Waals surface area (Å²) < 4.78 is 34.5. The Balaban J connectivity index is 2.71. The molecular formula is C14H20N2O7S. The van der Waals surface area contributed by atoms with E-state index in [1.165, 1.54) is 18.2 Å². The highest BCUT2D eigenvalue weighted by atomic mass is 32.2. The van der Waals surface area contributed by atoms with Gasteiger partial charge in [0.05, 0.1) is 12.9 Å². The Bertz CT molecular complexity index is 688. The molecule has 1 aromatic rings. The topological polar surface area (TPSA) is 131 Å². The number of ether oxygens (including phenoxy) is 2. The number of carbonyl (C=O) groups excluding carboxylic acids is 1. The van der Waals surface area contributed by atoms with Gasteiger partial charge in [-0.1, -0.05) is 0 Å². The van der Waals surface area contributed by atoms with Crippen LogP contribution >= 0.6 is 0 Å². The monoisotopic (exact) mass is 360 g/mol. The zero-order chi connectivity index (χ0) is 18.2. The zero-order valence-electron chi connectivity index (χ0n) is 13.4. The summed E-state index contributed by atoms with van der Waals surface area (Å²) in [6, 6.07) is 4.33. The molecule has 0 saturated heterocycles. The van der Waals surface area contributed by atoms with Crippen LogP contribution in [0, 0.1) is 0 Å². The van der Waals surface area contributed by atoms with E-state index in [1.54, 1.807) is 6.92 Å². The molecule has 24 heavy (non-hydrogen) atoms. The van der Waals surface area contributed by atoms with Crippen LogP contribution in [0.4, 0.5) is 0 Å². The number of amides is 1. The molecule has 0 heterocycles. The number of rotatable bonds is 10. The molecule has 0 saturated carbocycles. The smallest absolute Gasteiger partial charge is 0.341 e. The summed E-state index contributed by atoms with van der Waals surface area (Å²) in [4.78, 5) is 22.6. The number of carbonyl (C=O) groups is 2. The quantitative estimate of drug-likeness (QED) is 0.494. The van der Waals surface area contributed by atoms with Gasteiger partial charge in [0.2, 0.25) is 10.0 Å². The minimum atomic E-state index is -3.31. The van der Waals surface area contributed by atoms with Crippen LogP contribution in [0.1, 0.15) is 17.3 Å². The van der Waals surface area contributed by atoms with Gasteiger partial charge in [-0.15, -0.1) is 0 Å². The fraction of sp³-hybridized carbons (Fsp3) is 0.429. The lowest BCUT2D eigenvalue weighted by Gasteiger charge is -2.12. The summed E-state index contributed by atoms with van der Waals surface area (Å²) in [5.41, 5.74) is 0.278. The van der Waals surface area contributed by atoms with Crippen molar-refractivity contribution in [3.63, 3.8) is 0 Å². The van der Waals surface area contributed by atoms with Gasteiger partial charge in [0.1, 0.15) is 0 Å². The van der Waals surface area contributed by atoms with Gasteiger partial charge in [0.15, 0.2) is 18.1 Å². The molecule has 0 aliphatic heterocycles. The second kappa shape index (κ2) is 9.08. The van der Waals surface area contributed by atoms with E-state index in [1.807, 2.05) is 0 Å². The average molecular weight is 360 g/mol. The molecule has 1 aromatic carbocycles. The Morgan fingerprint density at radius 2 is 1.88 bits per heavy atom. The largest absolute Gasteiger partial charge is 0.490 e. The van der Waals surface area contributed by atoms with Gasteiger partial charge < -0.3 is 19.9 Å². The first-order valence-electron chi connectivity index (χ1n) is 7.07. The fourth-order valence-electron chi connectivity index (χ4n) is 1.69. The summed E-state index contributed by atoms with van der Waals surface area (Å²) in [7, 11) is -3.31. The maximum absolute atomic E-state index is 12.0.